The summed E-state index contributed by atoms with van der Waals surface area (Å²) in [4.78, 5) is 2.34. The van der Waals surface area contributed by atoms with Crippen molar-refractivity contribution in [2.75, 3.05) is 36.5 Å². The highest BCUT2D eigenvalue weighted by atomic mass is 19.1. The molecule has 0 aliphatic carbocycles. The Labute approximate surface area is 170 Å². The van der Waals surface area contributed by atoms with Crippen molar-refractivity contribution < 1.29 is 13.9 Å². The van der Waals surface area contributed by atoms with Gasteiger partial charge in [0.2, 0.25) is 0 Å². The minimum Gasteiger partial charge on any atom is -0.489 e. The molecule has 0 radical (unpaired) electrons. The van der Waals surface area contributed by atoms with E-state index in [0.717, 1.165) is 48.9 Å². The Morgan fingerprint density at radius 2 is 1.62 bits per heavy atom. The number of morpholine rings is 1. The number of rotatable bonds is 7. The highest BCUT2D eigenvalue weighted by Crippen LogP contribution is 2.23. The number of benzene rings is 3. The van der Waals surface area contributed by atoms with Gasteiger partial charge in [-0.2, -0.15) is 0 Å². The van der Waals surface area contributed by atoms with Gasteiger partial charge in [-0.25, -0.2) is 4.39 Å². The molecule has 150 valence electrons. The Morgan fingerprint density at radius 3 is 2.38 bits per heavy atom. The zero-order chi connectivity index (χ0) is 19.9. The van der Waals surface area contributed by atoms with Gasteiger partial charge in [0, 0.05) is 36.6 Å². The molecule has 0 unspecified atom stereocenters. The second kappa shape index (κ2) is 9.43. The third kappa shape index (κ3) is 5.27. The number of hydrogen-bond acceptors (Lipinski definition) is 4. The van der Waals surface area contributed by atoms with Crippen molar-refractivity contribution in [1.29, 1.82) is 0 Å². The van der Waals surface area contributed by atoms with Gasteiger partial charge in [-0.3, -0.25) is 0 Å². The first kappa shape index (κ1) is 19.3. The molecule has 1 aliphatic heterocycles. The van der Waals surface area contributed by atoms with E-state index in [9.17, 15) is 4.39 Å². The van der Waals surface area contributed by atoms with Crippen molar-refractivity contribution in [3.8, 4) is 5.75 Å². The van der Waals surface area contributed by atoms with Crippen LogP contribution in [0.2, 0.25) is 0 Å². The summed E-state index contributed by atoms with van der Waals surface area (Å²) >= 11 is 0. The van der Waals surface area contributed by atoms with Crippen LogP contribution in [0.15, 0.2) is 72.8 Å². The number of halogens is 1. The highest BCUT2D eigenvalue weighted by molar-refractivity contribution is 5.55. The van der Waals surface area contributed by atoms with E-state index in [2.05, 4.69) is 40.5 Å². The van der Waals surface area contributed by atoms with Crippen LogP contribution in [0.5, 0.6) is 5.75 Å². The summed E-state index contributed by atoms with van der Waals surface area (Å²) in [6.07, 6.45) is 0. The first-order chi connectivity index (χ1) is 14.3. The molecule has 1 saturated heterocycles. The summed E-state index contributed by atoms with van der Waals surface area (Å²) < 4.78 is 24.4. The van der Waals surface area contributed by atoms with E-state index >= 15 is 0 Å². The largest absolute Gasteiger partial charge is 0.489 e. The molecule has 1 N–H and O–H groups in total. The maximum Gasteiger partial charge on any atom is 0.124 e. The van der Waals surface area contributed by atoms with Crippen LogP contribution in [-0.2, 0) is 17.9 Å². The van der Waals surface area contributed by atoms with E-state index in [1.54, 1.807) is 12.1 Å². The molecule has 1 aliphatic rings. The average Bonchev–Trinajstić information content (AvgIpc) is 2.79. The lowest BCUT2D eigenvalue weighted by atomic mass is 10.2. The normalized spacial score (nSPS) is 13.9. The van der Waals surface area contributed by atoms with Crippen molar-refractivity contribution in [2.45, 2.75) is 13.2 Å². The van der Waals surface area contributed by atoms with Crippen LogP contribution < -0.4 is 15.0 Å². The molecule has 4 nitrogen and oxygen atoms in total. The monoisotopic (exact) mass is 392 g/mol. The number of nitrogens with zero attached hydrogens (tertiary/aromatic N) is 1. The minimum atomic E-state index is -0.238. The van der Waals surface area contributed by atoms with E-state index in [1.807, 2.05) is 18.2 Å². The molecule has 0 aromatic heterocycles. The number of anilines is 2. The molecule has 0 atom stereocenters. The lowest BCUT2D eigenvalue weighted by Crippen LogP contribution is -2.36. The first-order valence-corrected chi connectivity index (χ1v) is 9.90. The zero-order valence-corrected chi connectivity index (χ0v) is 16.3. The Bertz CT molecular complexity index is 907. The summed E-state index contributed by atoms with van der Waals surface area (Å²) in [5.41, 5.74) is 4.30. The van der Waals surface area contributed by atoms with E-state index in [1.165, 1.54) is 17.8 Å². The van der Waals surface area contributed by atoms with E-state index < -0.39 is 0 Å². The van der Waals surface area contributed by atoms with Gasteiger partial charge in [0.25, 0.3) is 0 Å². The van der Waals surface area contributed by atoms with Crippen LogP contribution in [-0.4, -0.2) is 26.3 Å². The van der Waals surface area contributed by atoms with E-state index in [-0.39, 0.29) is 5.82 Å². The van der Waals surface area contributed by atoms with Crippen molar-refractivity contribution in [3.63, 3.8) is 0 Å². The van der Waals surface area contributed by atoms with Gasteiger partial charge in [-0.05, 0) is 48.0 Å². The molecule has 1 fully saturated rings. The molecule has 0 spiro atoms. The molecular formula is C24H25FN2O2. The molecule has 3 aromatic carbocycles. The van der Waals surface area contributed by atoms with Gasteiger partial charge in [-0.15, -0.1) is 0 Å². The quantitative estimate of drug-likeness (QED) is 0.623. The summed E-state index contributed by atoms with van der Waals surface area (Å²) in [5, 5.41) is 3.46. The summed E-state index contributed by atoms with van der Waals surface area (Å²) in [7, 11) is 0. The Kier molecular flexibility index (Phi) is 6.27. The topological polar surface area (TPSA) is 33.7 Å². The molecular weight excluding hydrogens is 367 g/mol. The van der Waals surface area contributed by atoms with Crippen molar-refractivity contribution in [3.05, 3.63) is 89.7 Å². The van der Waals surface area contributed by atoms with Crippen molar-refractivity contribution in [2.24, 2.45) is 0 Å². The van der Waals surface area contributed by atoms with Crippen LogP contribution in [0.1, 0.15) is 11.1 Å². The van der Waals surface area contributed by atoms with Crippen molar-refractivity contribution in [1.82, 2.24) is 0 Å². The van der Waals surface area contributed by atoms with Gasteiger partial charge in [0.15, 0.2) is 0 Å². The maximum absolute atomic E-state index is 13.0. The third-order valence-corrected chi connectivity index (χ3v) is 5.01. The fourth-order valence-electron chi connectivity index (χ4n) is 3.34. The highest BCUT2D eigenvalue weighted by Gasteiger charge is 2.11. The number of nitrogens with one attached hydrogen (secondary N) is 1. The molecule has 29 heavy (non-hydrogen) atoms. The lowest BCUT2D eigenvalue weighted by molar-refractivity contribution is 0.122. The summed E-state index contributed by atoms with van der Waals surface area (Å²) in [6.45, 7) is 4.52. The summed E-state index contributed by atoms with van der Waals surface area (Å²) in [6, 6.07) is 22.9. The van der Waals surface area contributed by atoms with Crippen LogP contribution in [0, 0.1) is 5.82 Å². The number of para-hydroxylation sites is 1. The predicted molar refractivity (Wildman–Crippen MR) is 114 cm³/mol. The number of ether oxygens (including phenoxy) is 2. The van der Waals surface area contributed by atoms with Gasteiger partial charge >= 0.3 is 0 Å². The van der Waals surface area contributed by atoms with Gasteiger partial charge in [0.1, 0.15) is 18.2 Å². The van der Waals surface area contributed by atoms with Gasteiger partial charge in [-0.1, -0.05) is 30.3 Å². The second-order valence-corrected chi connectivity index (χ2v) is 7.02. The molecule has 0 saturated carbocycles. The second-order valence-electron chi connectivity index (χ2n) is 7.02. The Morgan fingerprint density at radius 1 is 0.897 bits per heavy atom. The molecule has 0 bridgehead atoms. The Balaban J connectivity index is 1.35. The van der Waals surface area contributed by atoms with E-state index in [0.29, 0.717) is 13.2 Å². The van der Waals surface area contributed by atoms with E-state index in [4.69, 9.17) is 9.47 Å². The molecule has 0 amide bonds. The first-order valence-electron chi connectivity index (χ1n) is 9.90. The number of hydrogen-bond donors (Lipinski definition) is 1. The third-order valence-electron chi connectivity index (χ3n) is 5.01. The fraction of sp³-hybridized carbons (Fsp3) is 0.250. The predicted octanol–water partition coefficient (Wildman–Crippen LogP) is 4.85. The molecule has 5 heteroatoms. The Hall–Kier alpha value is -3.05. The van der Waals surface area contributed by atoms with Crippen LogP contribution in [0.3, 0.4) is 0 Å². The molecule has 1 heterocycles. The van der Waals surface area contributed by atoms with Crippen LogP contribution >= 0.6 is 0 Å². The van der Waals surface area contributed by atoms with Crippen molar-refractivity contribution >= 4 is 11.4 Å². The molecule has 4 rings (SSSR count). The van der Waals surface area contributed by atoms with Gasteiger partial charge in [0.05, 0.1) is 13.2 Å². The lowest BCUT2D eigenvalue weighted by Gasteiger charge is -2.29. The standard InChI is InChI=1S/C24H25FN2O2/c25-21-7-5-19(6-8-21)18-29-24-4-2-1-3-20(24)17-26-22-9-11-23(12-10-22)27-13-15-28-16-14-27/h1-12,26H,13-18H2. The zero-order valence-electron chi connectivity index (χ0n) is 16.3. The maximum atomic E-state index is 13.0. The fourth-order valence-corrected chi connectivity index (χ4v) is 3.34. The van der Waals surface area contributed by atoms with Crippen LogP contribution in [0.25, 0.3) is 0 Å². The van der Waals surface area contributed by atoms with Crippen LogP contribution in [0.4, 0.5) is 15.8 Å². The minimum absolute atomic E-state index is 0.238. The molecule has 3 aromatic rings. The smallest absolute Gasteiger partial charge is 0.124 e. The SMILES string of the molecule is Fc1ccc(COc2ccccc2CNc2ccc(N3CCOCC3)cc2)cc1. The summed E-state index contributed by atoms with van der Waals surface area (Å²) in [5.74, 6) is 0.590. The average molecular weight is 392 g/mol. The van der Waals surface area contributed by atoms with Gasteiger partial charge < -0.3 is 19.7 Å².